The van der Waals surface area contributed by atoms with E-state index in [1.165, 1.54) is 7.11 Å². The Morgan fingerprint density at radius 2 is 2.21 bits per heavy atom. The van der Waals surface area contributed by atoms with Crippen LogP contribution in [0.3, 0.4) is 0 Å². The molecule has 0 aliphatic carbocycles. The van der Waals surface area contributed by atoms with Gasteiger partial charge in [0.05, 0.1) is 19.3 Å². The van der Waals surface area contributed by atoms with Crippen molar-refractivity contribution < 1.29 is 13.9 Å². The maximum absolute atomic E-state index is 11.5. The van der Waals surface area contributed by atoms with Crippen LogP contribution in [0.25, 0.3) is 0 Å². The number of amides is 1. The van der Waals surface area contributed by atoms with E-state index in [4.69, 9.17) is 14.9 Å². The van der Waals surface area contributed by atoms with Crippen molar-refractivity contribution in [2.75, 3.05) is 13.7 Å². The summed E-state index contributed by atoms with van der Waals surface area (Å²) in [6.45, 7) is 6.51. The summed E-state index contributed by atoms with van der Waals surface area (Å²) in [6.07, 6.45) is 1.68. The van der Waals surface area contributed by atoms with Crippen molar-refractivity contribution >= 4 is 18.3 Å². The lowest BCUT2D eigenvalue weighted by Crippen LogP contribution is -2.43. The molecule has 0 saturated heterocycles. The van der Waals surface area contributed by atoms with Gasteiger partial charge in [-0.3, -0.25) is 4.79 Å². The molecule has 1 heterocycles. The summed E-state index contributed by atoms with van der Waals surface area (Å²) < 4.78 is 10.3. The molecule has 0 radical (unpaired) electrons. The maximum atomic E-state index is 11.5. The SMILES string of the molecule is COCC(N)C(=O)NCc1ncc(C(C)(C)C)o1.Cl. The standard InChI is InChI=1S/C12H21N3O3.ClH/c1-12(2,3)9-5-14-10(18-9)6-15-11(16)8(13)7-17-4;/h5,8H,6-7,13H2,1-4H3,(H,15,16);1H. The van der Waals surface area contributed by atoms with Gasteiger partial charge in [0.25, 0.3) is 0 Å². The first kappa shape index (κ1) is 17.9. The second-order valence-electron chi connectivity index (χ2n) is 5.15. The minimum atomic E-state index is -0.674. The Labute approximate surface area is 119 Å². The molecule has 3 N–H and O–H groups in total. The maximum Gasteiger partial charge on any atom is 0.239 e. The van der Waals surface area contributed by atoms with E-state index in [1.54, 1.807) is 6.20 Å². The molecule has 0 saturated carbocycles. The third kappa shape index (κ3) is 5.59. The van der Waals surface area contributed by atoms with Crippen molar-refractivity contribution in [3.8, 4) is 0 Å². The fourth-order valence-corrected chi connectivity index (χ4v) is 1.29. The Morgan fingerprint density at radius 1 is 1.58 bits per heavy atom. The predicted molar refractivity (Wildman–Crippen MR) is 74.1 cm³/mol. The third-order valence-electron chi connectivity index (χ3n) is 2.39. The fourth-order valence-electron chi connectivity index (χ4n) is 1.29. The van der Waals surface area contributed by atoms with Crippen molar-refractivity contribution in [2.45, 2.75) is 38.8 Å². The number of oxazole rings is 1. The van der Waals surface area contributed by atoms with Gasteiger partial charge in [0.15, 0.2) is 0 Å². The summed E-state index contributed by atoms with van der Waals surface area (Å²) in [5.74, 6) is 0.971. The van der Waals surface area contributed by atoms with Crippen LogP contribution in [-0.4, -0.2) is 30.6 Å². The van der Waals surface area contributed by atoms with Gasteiger partial charge in [0.2, 0.25) is 11.8 Å². The molecule has 0 aliphatic heterocycles. The number of methoxy groups -OCH3 is 1. The van der Waals surface area contributed by atoms with Gasteiger partial charge < -0.3 is 20.2 Å². The van der Waals surface area contributed by atoms with Crippen LogP contribution in [0, 0.1) is 0 Å². The first-order valence-electron chi connectivity index (χ1n) is 5.82. The number of aromatic nitrogens is 1. The Kier molecular flexibility index (Phi) is 7.04. The molecule has 6 nitrogen and oxygen atoms in total. The molecule has 1 amide bonds. The van der Waals surface area contributed by atoms with Crippen LogP contribution in [0.2, 0.25) is 0 Å². The van der Waals surface area contributed by atoms with Crippen LogP contribution in [0.5, 0.6) is 0 Å². The minimum Gasteiger partial charge on any atom is -0.443 e. The molecule has 0 spiro atoms. The number of rotatable bonds is 5. The van der Waals surface area contributed by atoms with Crippen LogP contribution >= 0.6 is 12.4 Å². The number of hydrogen-bond acceptors (Lipinski definition) is 5. The molecular formula is C12H22ClN3O3. The Balaban J connectivity index is 0.00000324. The Bertz CT molecular complexity index is 401. The number of nitrogens with zero attached hydrogens (tertiary/aromatic N) is 1. The van der Waals surface area contributed by atoms with E-state index in [0.29, 0.717) is 5.89 Å². The zero-order valence-corrected chi connectivity index (χ0v) is 12.5. The van der Waals surface area contributed by atoms with Gasteiger partial charge in [-0.05, 0) is 0 Å². The summed E-state index contributed by atoms with van der Waals surface area (Å²) in [6, 6.07) is -0.674. The number of halogens is 1. The van der Waals surface area contributed by atoms with Gasteiger partial charge in [-0.15, -0.1) is 12.4 Å². The topological polar surface area (TPSA) is 90.4 Å². The first-order valence-corrected chi connectivity index (χ1v) is 5.82. The second kappa shape index (κ2) is 7.47. The normalized spacial score (nSPS) is 12.7. The summed E-state index contributed by atoms with van der Waals surface area (Å²) in [7, 11) is 1.50. The number of hydrogen-bond donors (Lipinski definition) is 2. The molecule has 0 bridgehead atoms. The molecule has 1 unspecified atom stereocenters. The van der Waals surface area contributed by atoms with E-state index in [-0.39, 0.29) is 36.9 Å². The number of ether oxygens (including phenoxy) is 1. The number of carbonyl (C=O) groups is 1. The van der Waals surface area contributed by atoms with Crippen LogP contribution in [0.1, 0.15) is 32.4 Å². The van der Waals surface area contributed by atoms with Crippen LogP contribution in [-0.2, 0) is 21.5 Å². The number of nitrogens with two attached hydrogens (primary N) is 1. The van der Waals surface area contributed by atoms with E-state index in [2.05, 4.69) is 10.3 Å². The largest absolute Gasteiger partial charge is 0.443 e. The average Bonchev–Trinajstić information content (AvgIpc) is 2.74. The molecule has 0 aliphatic rings. The summed E-state index contributed by atoms with van der Waals surface area (Å²) in [4.78, 5) is 15.6. The van der Waals surface area contributed by atoms with Crippen molar-refractivity contribution in [1.82, 2.24) is 10.3 Å². The molecule has 110 valence electrons. The quantitative estimate of drug-likeness (QED) is 0.844. The zero-order valence-electron chi connectivity index (χ0n) is 11.7. The van der Waals surface area contributed by atoms with E-state index < -0.39 is 6.04 Å². The molecule has 1 rings (SSSR count). The lowest BCUT2D eigenvalue weighted by atomic mass is 9.94. The summed E-state index contributed by atoms with van der Waals surface area (Å²) >= 11 is 0. The zero-order chi connectivity index (χ0) is 13.8. The molecule has 1 aromatic rings. The molecule has 0 aromatic carbocycles. The molecular weight excluding hydrogens is 270 g/mol. The molecule has 19 heavy (non-hydrogen) atoms. The van der Waals surface area contributed by atoms with Crippen molar-refractivity contribution in [1.29, 1.82) is 0 Å². The van der Waals surface area contributed by atoms with E-state index in [0.717, 1.165) is 5.76 Å². The predicted octanol–water partition coefficient (Wildman–Crippen LogP) is 0.984. The highest BCUT2D eigenvalue weighted by Crippen LogP contribution is 2.22. The van der Waals surface area contributed by atoms with Gasteiger partial charge in [0.1, 0.15) is 11.8 Å². The third-order valence-corrected chi connectivity index (χ3v) is 2.39. The minimum absolute atomic E-state index is 0. The molecule has 7 heteroatoms. The second-order valence-corrected chi connectivity index (χ2v) is 5.15. The Morgan fingerprint density at radius 3 is 2.68 bits per heavy atom. The van der Waals surface area contributed by atoms with E-state index in [1.807, 2.05) is 20.8 Å². The van der Waals surface area contributed by atoms with Crippen molar-refractivity contribution in [3.05, 3.63) is 17.8 Å². The summed E-state index contributed by atoms with van der Waals surface area (Å²) in [5, 5.41) is 2.65. The van der Waals surface area contributed by atoms with E-state index >= 15 is 0 Å². The van der Waals surface area contributed by atoms with Gasteiger partial charge >= 0.3 is 0 Å². The van der Waals surface area contributed by atoms with Gasteiger partial charge in [-0.1, -0.05) is 20.8 Å². The number of carbonyl (C=O) groups excluding carboxylic acids is 1. The monoisotopic (exact) mass is 291 g/mol. The lowest BCUT2D eigenvalue weighted by molar-refractivity contribution is -0.123. The average molecular weight is 292 g/mol. The van der Waals surface area contributed by atoms with Crippen molar-refractivity contribution in [2.24, 2.45) is 5.73 Å². The molecule has 1 atom stereocenters. The Hall–Kier alpha value is -1.11. The fraction of sp³-hybridized carbons (Fsp3) is 0.667. The van der Waals surface area contributed by atoms with Crippen LogP contribution < -0.4 is 11.1 Å². The van der Waals surface area contributed by atoms with Gasteiger partial charge in [-0.25, -0.2) is 4.98 Å². The number of nitrogens with one attached hydrogen (secondary N) is 1. The highest BCUT2D eigenvalue weighted by Gasteiger charge is 2.19. The highest BCUT2D eigenvalue weighted by molar-refractivity contribution is 5.85. The molecule has 0 fully saturated rings. The van der Waals surface area contributed by atoms with Gasteiger partial charge in [0, 0.05) is 12.5 Å². The lowest BCUT2D eigenvalue weighted by Gasteiger charge is -2.13. The van der Waals surface area contributed by atoms with Gasteiger partial charge in [-0.2, -0.15) is 0 Å². The molecule has 1 aromatic heterocycles. The van der Waals surface area contributed by atoms with Crippen molar-refractivity contribution in [3.63, 3.8) is 0 Å². The summed E-state index contributed by atoms with van der Waals surface area (Å²) in [5.41, 5.74) is 5.48. The highest BCUT2D eigenvalue weighted by atomic mass is 35.5. The van der Waals surface area contributed by atoms with E-state index in [9.17, 15) is 4.79 Å². The first-order chi connectivity index (χ1) is 8.34. The van der Waals surface area contributed by atoms with Crippen LogP contribution in [0.15, 0.2) is 10.6 Å². The smallest absolute Gasteiger partial charge is 0.239 e. The van der Waals surface area contributed by atoms with Crippen LogP contribution in [0.4, 0.5) is 0 Å².